The lowest BCUT2D eigenvalue weighted by atomic mass is 9.81. The highest BCUT2D eigenvalue weighted by atomic mass is 127. The molecular formula is C24H28INO5. The van der Waals surface area contributed by atoms with Crippen molar-refractivity contribution in [3.05, 3.63) is 53.1 Å². The Hall–Kier alpha value is -2.55. The van der Waals surface area contributed by atoms with Gasteiger partial charge in [-0.25, -0.2) is 4.79 Å². The third-order valence-electron chi connectivity index (χ3n) is 5.61. The Bertz CT molecular complexity index is 1060. The predicted molar refractivity (Wildman–Crippen MR) is 117 cm³/mol. The minimum Gasteiger partial charge on any atom is -1.00 e. The van der Waals surface area contributed by atoms with Crippen LogP contribution in [0.15, 0.2) is 36.4 Å². The van der Waals surface area contributed by atoms with E-state index in [1.54, 1.807) is 21.3 Å². The van der Waals surface area contributed by atoms with Gasteiger partial charge in [0, 0.05) is 23.3 Å². The summed E-state index contributed by atoms with van der Waals surface area (Å²) in [6.07, 6.45) is 4.07. The summed E-state index contributed by atoms with van der Waals surface area (Å²) in [6.45, 7) is 4.33. The summed E-state index contributed by atoms with van der Waals surface area (Å²) >= 11 is 0. The number of rotatable bonds is 6. The third kappa shape index (κ3) is 4.28. The van der Waals surface area contributed by atoms with Gasteiger partial charge >= 0.3 is 5.97 Å². The number of methoxy groups -OCH3 is 4. The van der Waals surface area contributed by atoms with Gasteiger partial charge in [-0.15, -0.1) is 0 Å². The number of carbonyl (C=O) groups excluding carboxylic acids is 1. The molecule has 2 aromatic rings. The zero-order valence-electron chi connectivity index (χ0n) is 18.9. The van der Waals surface area contributed by atoms with Crippen LogP contribution in [-0.4, -0.2) is 51.7 Å². The Morgan fingerprint density at radius 3 is 2.19 bits per heavy atom. The van der Waals surface area contributed by atoms with E-state index in [2.05, 4.69) is 24.5 Å². The Labute approximate surface area is 200 Å². The van der Waals surface area contributed by atoms with Gasteiger partial charge in [-0.05, 0) is 38.1 Å². The van der Waals surface area contributed by atoms with Crippen molar-refractivity contribution in [2.75, 3.05) is 35.5 Å². The topological polar surface area (TPSA) is 57.0 Å². The van der Waals surface area contributed by atoms with Crippen LogP contribution in [0.25, 0.3) is 6.08 Å². The van der Waals surface area contributed by atoms with Gasteiger partial charge in [0.1, 0.15) is 7.05 Å². The molecule has 0 amide bonds. The maximum absolute atomic E-state index is 12.0. The monoisotopic (exact) mass is 537 g/mol. The molecular weight excluding hydrogens is 509 g/mol. The van der Waals surface area contributed by atoms with E-state index in [1.165, 1.54) is 7.11 Å². The second kappa shape index (κ2) is 9.72. The van der Waals surface area contributed by atoms with E-state index >= 15 is 0 Å². The maximum atomic E-state index is 12.0. The molecule has 0 aliphatic carbocycles. The van der Waals surface area contributed by atoms with Crippen molar-refractivity contribution in [3.8, 4) is 17.2 Å². The van der Waals surface area contributed by atoms with Crippen LogP contribution >= 0.6 is 0 Å². The Balaban J connectivity index is 0.00000341. The van der Waals surface area contributed by atoms with Gasteiger partial charge < -0.3 is 42.9 Å². The van der Waals surface area contributed by atoms with Crippen molar-refractivity contribution in [1.29, 1.82) is 0 Å². The summed E-state index contributed by atoms with van der Waals surface area (Å²) in [7, 11) is 8.18. The number of fused-ring (bicyclic) bond motifs is 1. The molecule has 1 aliphatic heterocycles. The van der Waals surface area contributed by atoms with E-state index in [1.807, 2.05) is 43.5 Å². The molecule has 0 aromatic heterocycles. The molecule has 0 bridgehead atoms. The Kier molecular flexibility index (Phi) is 7.75. The predicted octanol–water partition coefficient (Wildman–Crippen LogP) is 1.22. The van der Waals surface area contributed by atoms with Crippen molar-refractivity contribution < 1.29 is 52.3 Å². The van der Waals surface area contributed by atoms with Crippen LogP contribution < -0.4 is 38.2 Å². The van der Waals surface area contributed by atoms with E-state index in [4.69, 9.17) is 18.9 Å². The van der Waals surface area contributed by atoms with Crippen molar-refractivity contribution >= 4 is 23.4 Å². The number of esters is 1. The van der Waals surface area contributed by atoms with Gasteiger partial charge in [0.05, 0.1) is 39.4 Å². The molecule has 0 atom stereocenters. The van der Waals surface area contributed by atoms with Crippen LogP contribution in [0.1, 0.15) is 35.3 Å². The molecule has 3 rings (SSSR count). The molecule has 7 heteroatoms. The zero-order valence-corrected chi connectivity index (χ0v) is 21.1. The first kappa shape index (κ1) is 24.7. The van der Waals surface area contributed by atoms with Gasteiger partial charge in [-0.2, -0.15) is 4.58 Å². The number of carbonyl (C=O) groups is 1. The first-order chi connectivity index (χ1) is 14.3. The largest absolute Gasteiger partial charge is 1.00 e. The quantitative estimate of drug-likeness (QED) is 0.315. The number of halogens is 1. The zero-order chi connectivity index (χ0) is 22.1. The average Bonchev–Trinajstić information content (AvgIpc) is 2.95. The molecule has 0 fully saturated rings. The van der Waals surface area contributed by atoms with Crippen LogP contribution in [0, 0.1) is 0 Å². The van der Waals surface area contributed by atoms with Crippen molar-refractivity contribution in [1.82, 2.24) is 0 Å². The number of nitrogens with zero attached hydrogens (tertiary/aromatic N) is 1. The molecule has 1 aliphatic rings. The molecule has 0 N–H and O–H groups in total. The van der Waals surface area contributed by atoms with E-state index in [9.17, 15) is 4.79 Å². The lowest BCUT2D eigenvalue weighted by Gasteiger charge is -2.16. The molecule has 0 radical (unpaired) electrons. The molecule has 0 saturated carbocycles. The molecule has 0 unspecified atom stereocenters. The summed E-state index contributed by atoms with van der Waals surface area (Å²) in [5.41, 5.74) is 4.40. The molecule has 2 aromatic carbocycles. The highest BCUT2D eigenvalue weighted by Crippen LogP contribution is 2.42. The minimum atomic E-state index is -0.344. The summed E-state index contributed by atoms with van der Waals surface area (Å²) in [4.78, 5) is 12.0. The van der Waals surface area contributed by atoms with Crippen LogP contribution in [-0.2, 0) is 10.2 Å². The SMILES string of the molecule is COC(=O)c1ccc2c(c1)[N+](C)=C(/C=C/c1ccc(OC)c(OC)c1OC)C2(C)C.[I-]. The molecule has 6 nitrogen and oxygen atoms in total. The molecule has 0 spiro atoms. The Morgan fingerprint density at radius 2 is 1.61 bits per heavy atom. The summed E-state index contributed by atoms with van der Waals surface area (Å²) in [6, 6.07) is 9.47. The lowest BCUT2D eigenvalue weighted by molar-refractivity contribution is -0.401. The maximum Gasteiger partial charge on any atom is 0.338 e. The average molecular weight is 537 g/mol. The van der Waals surface area contributed by atoms with Crippen LogP contribution in [0.5, 0.6) is 17.2 Å². The van der Waals surface area contributed by atoms with Crippen LogP contribution in [0.4, 0.5) is 5.69 Å². The highest BCUT2D eigenvalue weighted by molar-refractivity contribution is 6.06. The van der Waals surface area contributed by atoms with Crippen molar-refractivity contribution in [3.63, 3.8) is 0 Å². The third-order valence-corrected chi connectivity index (χ3v) is 5.61. The smallest absolute Gasteiger partial charge is 0.338 e. The van der Waals surface area contributed by atoms with Gasteiger partial charge in [0.15, 0.2) is 17.2 Å². The normalized spacial score (nSPS) is 14.2. The van der Waals surface area contributed by atoms with Crippen LogP contribution in [0.2, 0.25) is 0 Å². The summed E-state index contributed by atoms with van der Waals surface area (Å²) in [5, 5.41) is 0. The van der Waals surface area contributed by atoms with E-state index in [0.717, 1.165) is 22.5 Å². The van der Waals surface area contributed by atoms with E-state index in [0.29, 0.717) is 22.8 Å². The molecule has 0 saturated heterocycles. The number of ether oxygens (including phenoxy) is 4. The first-order valence-electron chi connectivity index (χ1n) is 9.61. The summed E-state index contributed by atoms with van der Waals surface area (Å²) < 4.78 is 23.4. The van der Waals surface area contributed by atoms with E-state index in [-0.39, 0.29) is 35.4 Å². The second-order valence-corrected chi connectivity index (χ2v) is 7.55. The lowest BCUT2D eigenvalue weighted by Crippen LogP contribution is -3.00. The molecule has 166 valence electrons. The fraction of sp³-hybridized carbons (Fsp3) is 0.333. The highest BCUT2D eigenvalue weighted by Gasteiger charge is 2.43. The van der Waals surface area contributed by atoms with Crippen LogP contribution in [0.3, 0.4) is 0 Å². The van der Waals surface area contributed by atoms with Gasteiger partial charge in [-0.1, -0.05) is 6.07 Å². The molecule has 31 heavy (non-hydrogen) atoms. The minimum absolute atomic E-state index is 0. The van der Waals surface area contributed by atoms with Gasteiger partial charge in [-0.3, -0.25) is 0 Å². The van der Waals surface area contributed by atoms with E-state index < -0.39 is 0 Å². The fourth-order valence-corrected chi connectivity index (χ4v) is 4.01. The van der Waals surface area contributed by atoms with Crippen molar-refractivity contribution in [2.24, 2.45) is 0 Å². The first-order valence-corrected chi connectivity index (χ1v) is 9.61. The molecule has 1 heterocycles. The second-order valence-electron chi connectivity index (χ2n) is 7.55. The van der Waals surface area contributed by atoms with Crippen molar-refractivity contribution in [2.45, 2.75) is 19.3 Å². The van der Waals surface area contributed by atoms with Gasteiger partial charge in [0.25, 0.3) is 0 Å². The number of hydrogen-bond donors (Lipinski definition) is 0. The summed E-state index contributed by atoms with van der Waals surface area (Å²) in [5.74, 6) is 1.43. The number of allylic oxidation sites excluding steroid dienone is 1. The fourth-order valence-electron chi connectivity index (χ4n) is 4.01. The number of benzene rings is 2. The Morgan fingerprint density at radius 1 is 0.935 bits per heavy atom. The number of hydrogen-bond acceptors (Lipinski definition) is 5. The van der Waals surface area contributed by atoms with Gasteiger partial charge in [0.2, 0.25) is 11.4 Å². The standard InChI is InChI=1S/C24H28NO5.HI/c1-24(2)17-11-8-16(23(26)30-7)14-18(17)25(3)20(24)13-10-15-9-12-19(27-4)22(29-6)21(15)28-5;/h8-14H,1-7H3;1H/q+1;/p-1/b13-10+;.